The summed E-state index contributed by atoms with van der Waals surface area (Å²) in [6, 6.07) is 9.98. The molecule has 2 N–H and O–H groups in total. The molecule has 2 aromatic rings. The molecule has 0 saturated heterocycles. The number of nitrogens with zero attached hydrogens (tertiary/aromatic N) is 1. The standard InChI is InChI=1S/C14H15N3/c1-10-5-6-17-14(7-10)11-3-4-13(16-2)12(8-11)9-15/h3-9,15-16H,1-2H3. The summed E-state index contributed by atoms with van der Waals surface area (Å²) in [7, 11) is 1.85. The third-order valence-electron chi connectivity index (χ3n) is 2.69. The van der Waals surface area contributed by atoms with E-state index < -0.39 is 0 Å². The number of anilines is 1. The molecule has 2 rings (SSSR count). The molecule has 0 amide bonds. The van der Waals surface area contributed by atoms with Crippen molar-refractivity contribution in [1.82, 2.24) is 4.98 Å². The van der Waals surface area contributed by atoms with Crippen LogP contribution in [0, 0.1) is 12.3 Å². The van der Waals surface area contributed by atoms with Crippen molar-refractivity contribution in [3.63, 3.8) is 0 Å². The van der Waals surface area contributed by atoms with Gasteiger partial charge in [0.05, 0.1) is 5.69 Å². The van der Waals surface area contributed by atoms with Crippen molar-refractivity contribution >= 4 is 11.9 Å². The highest BCUT2D eigenvalue weighted by molar-refractivity contribution is 5.88. The van der Waals surface area contributed by atoms with Gasteiger partial charge < -0.3 is 10.7 Å². The van der Waals surface area contributed by atoms with Crippen LogP contribution in [0.15, 0.2) is 36.5 Å². The number of hydrogen-bond acceptors (Lipinski definition) is 3. The Morgan fingerprint density at radius 2 is 2.06 bits per heavy atom. The molecule has 0 bridgehead atoms. The van der Waals surface area contributed by atoms with Gasteiger partial charge >= 0.3 is 0 Å². The zero-order valence-electron chi connectivity index (χ0n) is 9.99. The lowest BCUT2D eigenvalue weighted by molar-refractivity contribution is 1.28. The largest absolute Gasteiger partial charge is 0.388 e. The highest BCUT2D eigenvalue weighted by atomic mass is 14.8. The van der Waals surface area contributed by atoms with E-state index in [1.54, 1.807) is 6.20 Å². The van der Waals surface area contributed by atoms with Crippen molar-refractivity contribution in [2.45, 2.75) is 6.92 Å². The van der Waals surface area contributed by atoms with E-state index in [9.17, 15) is 0 Å². The molecule has 0 unspecified atom stereocenters. The Balaban J connectivity index is 2.50. The van der Waals surface area contributed by atoms with Crippen LogP contribution in [-0.4, -0.2) is 18.2 Å². The lowest BCUT2D eigenvalue weighted by Crippen LogP contribution is -1.95. The number of nitrogens with one attached hydrogen (secondary N) is 2. The van der Waals surface area contributed by atoms with Gasteiger partial charge in [-0.2, -0.15) is 0 Å². The fourth-order valence-corrected chi connectivity index (χ4v) is 1.76. The number of benzene rings is 1. The van der Waals surface area contributed by atoms with Gasteiger partial charge in [0.15, 0.2) is 0 Å². The van der Waals surface area contributed by atoms with Gasteiger partial charge in [-0.15, -0.1) is 0 Å². The number of aromatic nitrogens is 1. The molecule has 86 valence electrons. The second kappa shape index (κ2) is 4.78. The Hall–Kier alpha value is -2.16. The van der Waals surface area contributed by atoms with Gasteiger partial charge in [-0.3, -0.25) is 4.98 Å². The molecular formula is C14H15N3. The molecule has 3 heteroatoms. The van der Waals surface area contributed by atoms with Gasteiger partial charge in [-0.05, 0) is 36.8 Å². The van der Waals surface area contributed by atoms with Gasteiger partial charge in [0.2, 0.25) is 0 Å². The minimum Gasteiger partial charge on any atom is -0.388 e. The first-order valence-electron chi connectivity index (χ1n) is 5.50. The summed E-state index contributed by atoms with van der Waals surface area (Å²) >= 11 is 0. The van der Waals surface area contributed by atoms with Crippen molar-refractivity contribution < 1.29 is 0 Å². The zero-order chi connectivity index (χ0) is 12.3. The van der Waals surface area contributed by atoms with E-state index in [-0.39, 0.29) is 0 Å². The molecule has 3 nitrogen and oxygen atoms in total. The molecule has 0 aliphatic carbocycles. The van der Waals surface area contributed by atoms with Crippen molar-refractivity contribution in [1.29, 1.82) is 5.41 Å². The summed E-state index contributed by atoms with van der Waals surface area (Å²) < 4.78 is 0. The fourth-order valence-electron chi connectivity index (χ4n) is 1.76. The Bertz CT molecular complexity index is 547. The minimum absolute atomic E-state index is 0.869. The van der Waals surface area contributed by atoms with Gasteiger partial charge in [0.1, 0.15) is 0 Å². The molecule has 0 spiro atoms. The molecule has 0 radical (unpaired) electrons. The Morgan fingerprint density at radius 3 is 2.71 bits per heavy atom. The monoisotopic (exact) mass is 225 g/mol. The van der Waals surface area contributed by atoms with Crippen molar-refractivity contribution in [2.24, 2.45) is 0 Å². The predicted molar refractivity (Wildman–Crippen MR) is 71.8 cm³/mol. The third-order valence-corrected chi connectivity index (χ3v) is 2.69. The summed E-state index contributed by atoms with van der Waals surface area (Å²) in [5.41, 5.74) is 4.98. The van der Waals surface area contributed by atoms with Gasteiger partial charge in [0.25, 0.3) is 0 Å². The van der Waals surface area contributed by atoms with Crippen LogP contribution in [0.1, 0.15) is 11.1 Å². The Morgan fingerprint density at radius 1 is 1.24 bits per heavy atom. The van der Waals surface area contributed by atoms with E-state index in [1.807, 2.05) is 44.3 Å². The highest BCUT2D eigenvalue weighted by Gasteiger charge is 2.03. The molecule has 1 aromatic heterocycles. The maximum Gasteiger partial charge on any atom is 0.0704 e. The van der Waals surface area contributed by atoms with Crippen molar-refractivity contribution in [2.75, 3.05) is 12.4 Å². The topological polar surface area (TPSA) is 48.8 Å². The second-order valence-electron chi connectivity index (χ2n) is 3.91. The molecular weight excluding hydrogens is 210 g/mol. The first-order chi connectivity index (χ1) is 8.24. The van der Waals surface area contributed by atoms with Crippen molar-refractivity contribution in [3.05, 3.63) is 47.7 Å². The van der Waals surface area contributed by atoms with Gasteiger partial charge in [0, 0.05) is 36.3 Å². The normalized spacial score (nSPS) is 10.0. The third kappa shape index (κ3) is 2.33. The zero-order valence-corrected chi connectivity index (χ0v) is 9.99. The molecule has 0 aliphatic rings. The Labute approximate surface area is 101 Å². The highest BCUT2D eigenvalue weighted by Crippen LogP contribution is 2.23. The lowest BCUT2D eigenvalue weighted by Gasteiger charge is -2.08. The first kappa shape index (κ1) is 11.3. The number of rotatable bonds is 3. The van der Waals surface area contributed by atoms with E-state index in [0.717, 1.165) is 22.5 Å². The summed E-state index contributed by atoms with van der Waals surface area (Å²) in [6.45, 7) is 2.05. The summed E-state index contributed by atoms with van der Waals surface area (Å²) in [5.74, 6) is 0. The molecule has 0 fully saturated rings. The molecule has 1 aromatic carbocycles. The van der Waals surface area contributed by atoms with Crippen LogP contribution in [0.5, 0.6) is 0 Å². The summed E-state index contributed by atoms with van der Waals surface area (Å²) in [6.07, 6.45) is 3.16. The van der Waals surface area contributed by atoms with E-state index in [1.165, 1.54) is 11.8 Å². The molecule has 0 saturated carbocycles. The lowest BCUT2D eigenvalue weighted by atomic mass is 10.1. The van der Waals surface area contributed by atoms with Crippen LogP contribution < -0.4 is 5.32 Å². The van der Waals surface area contributed by atoms with E-state index in [4.69, 9.17) is 5.41 Å². The minimum atomic E-state index is 0.869. The van der Waals surface area contributed by atoms with Crippen LogP contribution in [-0.2, 0) is 0 Å². The summed E-state index contributed by atoms with van der Waals surface area (Å²) in [5, 5.41) is 10.5. The van der Waals surface area contributed by atoms with Crippen LogP contribution in [0.25, 0.3) is 11.3 Å². The van der Waals surface area contributed by atoms with E-state index >= 15 is 0 Å². The van der Waals surface area contributed by atoms with Gasteiger partial charge in [-0.25, -0.2) is 0 Å². The quantitative estimate of drug-likeness (QED) is 0.788. The van der Waals surface area contributed by atoms with Crippen molar-refractivity contribution in [3.8, 4) is 11.3 Å². The maximum absolute atomic E-state index is 7.40. The molecule has 0 aliphatic heterocycles. The average Bonchev–Trinajstić information content (AvgIpc) is 2.38. The fraction of sp³-hybridized carbons (Fsp3) is 0.143. The van der Waals surface area contributed by atoms with E-state index in [2.05, 4.69) is 10.3 Å². The van der Waals surface area contributed by atoms with E-state index in [0.29, 0.717) is 0 Å². The predicted octanol–water partition coefficient (Wildman–Crippen LogP) is 3.10. The van der Waals surface area contributed by atoms with Crippen LogP contribution in [0.4, 0.5) is 5.69 Å². The SMILES string of the molecule is CNc1ccc(-c2cc(C)ccn2)cc1C=N. The molecule has 0 atom stereocenters. The molecule has 17 heavy (non-hydrogen) atoms. The average molecular weight is 225 g/mol. The Kier molecular flexibility index (Phi) is 3.19. The number of hydrogen-bond donors (Lipinski definition) is 2. The first-order valence-corrected chi connectivity index (χ1v) is 5.50. The van der Waals surface area contributed by atoms with Crippen LogP contribution >= 0.6 is 0 Å². The maximum atomic E-state index is 7.40. The van der Waals surface area contributed by atoms with Crippen LogP contribution in [0.3, 0.4) is 0 Å². The number of pyridine rings is 1. The number of aryl methyl sites for hydroxylation is 1. The summed E-state index contributed by atoms with van der Waals surface area (Å²) in [4.78, 5) is 4.35. The molecule has 1 heterocycles. The smallest absolute Gasteiger partial charge is 0.0704 e. The second-order valence-corrected chi connectivity index (χ2v) is 3.91. The van der Waals surface area contributed by atoms with Gasteiger partial charge in [-0.1, -0.05) is 6.07 Å². The van der Waals surface area contributed by atoms with Crippen LogP contribution in [0.2, 0.25) is 0 Å².